The van der Waals surface area contributed by atoms with Gasteiger partial charge in [-0.05, 0) is 47.5 Å². The third-order valence-corrected chi connectivity index (χ3v) is 6.91. The fourth-order valence-electron chi connectivity index (χ4n) is 4.62. The summed E-state index contributed by atoms with van der Waals surface area (Å²) < 4.78 is 95.1. The zero-order valence-electron chi connectivity index (χ0n) is 23.9. The fourth-order valence-corrected chi connectivity index (χ4v) is 4.62. The van der Waals surface area contributed by atoms with Crippen molar-refractivity contribution in [3.8, 4) is 5.75 Å². The van der Waals surface area contributed by atoms with E-state index >= 15 is 0 Å². The first-order valence-corrected chi connectivity index (χ1v) is 13.9. The second-order valence-electron chi connectivity index (χ2n) is 10.3. The summed E-state index contributed by atoms with van der Waals surface area (Å²) in [7, 11) is 0. The number of ether oxygens (including phenoxy) is 3. The van der Waals surface area contributed by atoms with Crippen molar-refractivity contribution in [3.05, 3.63) is 108 Å². The Kier molecular flexibility index (Phi) is 11.3. The van der Waals surface area contributed by atoms with E-state index < -0.39 is 60.4 Å². The molecule has 1 fully saturated rings. The van der Waals surface area contributed by atoms with Crippen molar-refractivity contribution in [2.75, 3.05) is 38.2 Å². The molecule has 3 aromatic carbocycles. The first-order valence-electron chi connectivity index (χ1n) is 13.9. The van der Waals surface area contributed by atoms with E-state index in [9.17, 15) is 31.1 Å². The van der Waals surface area contributed by atoms with Crippen LogP contribution in [-0.2, 0) is 9.47 Å². The Morgan fingerprint density at radius 3 is 2.18 bits per heavy atom. The van der Waals surface area contributed by atoms with Crippen LogP contribution in [0.1, 0.15) is 17.0 Å². The lowest BCUT2D eigenvalue weighted by Gasteiger charge is -2.30. The van der Waals surface area contributed by atoms with Gasteiger partial charge in [0.15, 0.2) is 11.6 Å². The van der Waals surface area contributed by atoms with Crippen LogP contribution in [0.4, 0.5) is 36.8 Å². The first-order chi connectivity index (χ1) is 21.4. The van der Waals surface area contributed by atoms with Gasteiger partial charge >= 0.3 is 12.3 Å². The third-order valence-electron chi connectivity index (χ3n) is 6.91. The van der Waals surface area contributed by atoms with Crippen LogP contribution in [0.25, 0.3) is 0 Å². The van der Waals surface area contributed by atoms with Gasteiger partial charge in [-0.1, -0.05) is 36.9 Å². The number of carbonyl (C=O) groups is 1. The van der Waals surface area contributed by atoms with Crippen LogP contribution in [0.2, 0.25) is 0 Å². The molecule has 0 aliphatic carbocycles. The molecule has 1 unspecified atom stereocenters. The topological polar surface area (TPSA) is 107 Å². The molecule has 0 spiro atoms. The highest BCUT2D eigenvalue weighted by Crippen LogP contribution is 2.34. The molecule has 45 heavy (non-hydrogen) atoms. The second kappa shape index (κ2) is 15.1. The maximum atomic E-state index is 14.9. The molecule has 0 radical (unpaired) electrons. The zero-order valence-corrected chi connectivity index (χ0v) is 23.9. The SMILES string of the molecule is C=C(Nc1cccc(F)c1OC[C@@H]1CN[C@H](COC(=O)NCC(F)(F)F)CO1)C(N)C(c1ccc(F)cc1)c1ccc(F)cc1. The van der Waals surface area contributed by atoms with E-state index in [-0.39, 0.29) is 43.5 Å². The lowest BCUT2D eigenvalue weighted by molar-refractivity contribution is -0.123. The van der Waals surface area contributed by atoms with Crippen LogP contribution in [0.5, 0.6) is 5.75 Å². The summed E-state index contributed by atoms with van der Waals surface area (Å²) >= 11 is 0. The Morgan fingerprint density at radius 1 is 1.00 bits per heavy atom. The van der Waals surface area contributed by atoms with Crippen LogP contribution in [-0.4, -0.2) is 63.4 Å². The van der Waals surface area contributed by atoms with Crippen LogP contribution in [0.15, 0.2) is 79.0 Å². The Hall–Kier alpha value is -4.27. The maximum Gasteiger partial charge on any atom is 0.407 e. The van der Waals surface area contributed by atoms with Gasteiger partial charge < -0.3 is 35.9 Å². The minimum absolute atomic E-state index is 0.0583. The normalized spacial score (nSPS) is 17.4. The van der Waals surface area contributed by atoms with E-state index in [4.69, 9.17) is 19.9 Å². The van der Waals surface area contributed by atoms with Crippen LogP contribution in [0, 0.1) is 17.5 Å². The summed E-state index contributed by atoms with van der Waals surface area (Å²) in [6.45, 7) is 2.53. The van der Waals surface area contributed by atoms with Gasteiger partial charge in [-0.2, -0.15) is 13.2 Å². The minimum atomic E-state index is -4.55. The van der Waals surface area contributed by atoms with E-state index in [2.05, 4.69) is 17.2 Å². The summed E-state index contributed by atoms with van der Waals surface area (Å²) in [5, 5.41) is 7.67. The van der Waals surface area contributed by atoms with Gasteiger partial charge in [0.2, 0.25) is 0 Å². The second-order valence-corrected chi connectivity index (χ2v) is 10.3. The monoisotopic (exact) mass is 638 g/mol. The summed E-state index contributed by atoms with van der Waals surface area (Å²) in [6, 6.07) is 14.4. The molecule has 3 aromatic rings. The summed E-state index contributed by atoms with van der Waals surface area (Å²) in [4.78, 5) is 11.4. The lowest BCUT2D eigenvalue weighted by atomic mass is 9.84. The molecular formula is C31H32F6N4O4. The van der Waals surface area contributed by atoms with Gasteiger partial charge in [0.1, 0.15) is 37.5 Å². The maximum absolute atomic E-state index is 14.9. The number of alkyl halides is 3. The fraction of sp³-hybridized carbons (Fsp3) is 0.323. The highest BCUT2D eigenvalue weighted by atomic mass is 19.4. The predicted octanol–water partition coefficient (Wildman–Crippen LogP) is 5.21. The lowest BCUT2D eigenvalue weighted by Crippen LogP contribution is -2.51. The molecule has 1 aliphatic rings. The van der Waals surface area contributed by atoms with Gasteiger partial charge in [-0.3, -0.25) is 0 Å². The van der Waals surface area contributed by atoms with Crippen molar-refractivity contribution in [2.45, 2.75) is 30.3 Å². The van der Waals surface area contributed by atoms with Crippen molar-refractivity contribution < 1.29 is 45.3 Å². The number of morpholine rings is 1. The predicted molar refractivity (Wildman–Crippen MR) is 154 cm³/mol. The number of rotatable bonds is 12. The molecule has 3 atom stereocenters. The van der Waals surface area contributed by atoms with Gasteiger partial charge in [0, 0.05) is 18.2 Å². The number of para-hydroxylation sites is 1. The number of hydrogen-bond donors (Lipinski definition) is 4. The number of carbonyl (C=O) groups excluding carboxylic acids is 1. The highest BCUT2D eigenvalue weighted by molar-refractivity contribution is 5.67. The summed E-state index contributed by atoms with van der Waals surface area (Å²) in [6.07, 6.45) is -6.29. The number of anilines is 1. The van der Waals surface area contributed by atoms with E-state index in [1.54, 1.807) is 35.6 Å². The quantitative estimate of drug-likeness (QED) is 0.202. The van der Waals surface area contributed by atoms with Gasteiger partial charge in [0.05, 0.1) is 24.4 Å². The Labute approximate surface area is 255 Å². The number of halogens is 6. The van der Waals surface area contributed by atoms with Gasteiger partial charge in [-0.15, -0.1) is 0 Å². The van der Waals surface area contributed by atoms with Crippen molar-refractivity contribution in [3.63, 3.8) is 0 Å². The van der Waals surface area contributed by atoms with Crippen molar-refractivity contribution in [2.24, 2.45) is 5.73 Å². The van der Waals surface area contributed by atoms with Crippen molar-refractivity contribution >= 4 is 11.8 Å². The highest BCUT2D eigenvalue weighted by Gasteiger charge is 2.29. The molecule has 4 rings (SSSR count). The molecule has 1 amide bonds. The van der Waals surface area contributed by atoms with E-state index in [0.717, 1.165) is 0 Å². The van der Waals surface area contributed by atoms with E-state index in [1.807, 2.05) is 0 Å². The van der Waals surface area contributed by atoms with Crippen LogP contribution >= 0.6 is 0 Å². The number of benzene rings is 3. The van der Waals surface area contributed by atoms with E-state index in [0.29, 0.717) is 11.1 Å². The molecule has 5 N–H and O–H groups in total. The number of amides is 1. The Balaban J connectivity index is 1.35. The average Bonchev–Trinajstić information content (AvgIpc) is 3.01. The number of alkyl carbamates (subject to hydrolysis) is 1. The van der Waals surface area contributed by atoms with Crippen molar-refractivity contribution in [1.29, 1.82) is 0 Å². The largest absolute Gasteiger partial charge is 0.486 e. The Bertz CT molecular complexity index is 1390. The Morgan fingerprint density at radius 2 is 1.62 bits per heavy atom. The number of hydrogen-bond acceptors (Lipinski definition) is 7. The van der Waals surface area contributed by atoms with E-state index in [1.165, 1.54) is 36.4 Å². The van der Waals surface area contributed by atoms with Crippen LogP contribution in [0.3, 0.4) is 0 Å². The number of nitrogens with one attached hydrogen (secondary N) is 3. The number of nitrogens with two attached hydrogens (primary N) is 1. The molecule has 14 heteroatoms. The smallest absolute Gasteiger partial charge is 0.407 e. The molecule has 242 valence electrons. The molecule has 8 nitrogen and oxygen atoms in total. The first kappa shape index (κ1) is 33.6. The van der Waals surface area contributed by atoms with Crippen LogP contribution < -0.4 is 26.4 Å². The molecule has 0 bridgehead atoms. The molecule has 1 saturated heterocycles. The van der Waals surface area contributed by atoms with Gasteiger partial charge in [-0.25, -0.2) is 18.0 Å². The van der Waals surface area contributed by atoms with Gasteiger partial charge in [0.25, 0.3) is 0 Å². The summed E-state index contributed by atoms with van der Waals surface area (Å²) in [5.41, 5.74) is 8.44. The summed E-state index contributed by atoms with van der Waals surface area (Å²) in [5.74, 6) is -2.22. The third kappa shape index (κ3) is 9.86. The average molecular weight is 639 g/mol. The molecule has 0 saturated carbocycles. The zero-order chi connectivity index (χ0) is 32.6. The standard InChI is InChI=1S/C31H32F6N4O4/c1-18(28(38)27(19-5-9-21(32)10-6-19)20-7-11-22(33)12-8-20)41-26-4-2-3-25(34)29(26)44-16-24-13-39-23(14-43-24)15-45-30(42)40-17-31(35,36)37/h2-12,23-24,27-28,39,41H,1,13-17,38H2,(H,40,42)/t23-,24-,28?/m0/s1. The molecule has 0 aromatic heterocycles. The molecule has 1 aliphatic heterocycles. The van der Waals surface area contributed by atoms with Crippen molar-refractivity contribution in [1.82, 2.24) is 10.6 Å². The molecular weight excluding hydrogens is 606 g/mol. The minimum Gasteiger partial charge on any atom is -0.486 e. The molecule has 1 heterocycles.